The number of carbonyl (C=O) groups is 13. The molecule has 6 heterocycles. The molecule has 0 saturated carbocycles. The number of pyridine rings is 3. The van der Waals surface area contributed by atoms with E-state index in [1.165, 1.54) is 28.9 Å². The maximum absolute atomic E-state index is 13.3. The highest BCUT2D eigenvalue weighted by Crippen LogP contribution is 2.34. The van der Waals surface area contributed by atoms with Gasteiger partial charge >= 0.3 is 29.8 Å². The number of aliphatic carboxylic acids is 1. The van der Waals surface area contributed by atoms with E-state index in [0.29, 0.717) is 75.8 Å². The van der Waals surface area contributed by atoms with Crippen LogP contribution >= 0.6 is 104 Å². The molecular weight excluding hydrogens is 2090 g/mol. The molecule has 8 amide bonds. The van der Waals surface area contributed by atoms with E-state index in [9.17, 15) is 82.8 Å². The lowest BCUT2D eigenvalue weighted by Gasteiger charge is -2.35. The number of halogens is 9. The van der Waals surface area contributed by atoms with Crippen molar-refractivity contribution in [2.24, 2.45) is 39.9 Å². The predicted octanol–water partition coefficient (Wildman–Crippen LogP) is 13.2. The molecule has 12 atom stereocenters. The number of carboxylic acid groups (broad SMARTS) is 1. The van der Waals surface area contributed by atoms with E-state index in [-0.39, 0.29) is 56.5 Å². The van der Waals surface area contributed by atoms with Crippen molar-refractivity contribution >= 4 is 214 Å². The predicted molar refractivity (Wildman–Crippen MR) is 555 cm³/mol. The molecule has 0 radical (unpaired) electrons. The molecular formula is C99H137Cl9N14O24. The van der Waals surface area contributed by atoms with E-state index in [4.69, 9.17) is 138 Å². The van der Waals surface area contributed by atoms with Crippen molar-refractivity contribution in [3.63, 3.8) is 0 Å². The van der Waals surface area contributed by atoms with Crippen LogP contribution < -0.4 is 57.1 Å². The highest BCUT2D eigenvalue weighted by atomic mass is 35.6. The van der Waals surface area contributed by atoms with Crippen LogP contribution in [0.25, 0.3) is 32.3 Å². The minimum absolute atomic E-state index is 0.0271. The average molecular weight is 2230 g/mol. The van der Waals surface area contributed by atoms with Gasteiger partial charge in [0.25, 0.3) is 11.8 Å². The first-order chi connectivity index (χ1) is 67.5. The number of nitrogens with zero attached hydrogens (tertiary/aromatic N) is 6. The zero-order valence-electron chi connectivity index (χ0n) is 85.7. The molecule has 810 valence electrons. The number of carboxylic acids is 1. The molecule has 38 nitrogen and oxygen atoms in total. The number of hydrogen-bond donors (Lipinski definition) is 12. The third-order valence-corrected chi connectivity index (χ3v) is 24.0. The minimum Gasteiger partial charge on any atom is -0.480 e. The second kappa shape index (κ2) is 55.5. The van der Waals surface area contributed by atoms with Gasteiger partial charge in [-0.25, -0.2) is 36.0 Å². The van der Waals surface area contributed by atoms with Crippen LogP contribution in [0.5, 0.6) is 17.6 Å². The third-order valence-electron chi connectivity index (χ3n) is 23.0. The lowest BCUT2D eigenvalue weighted by molar-refractivity contribution is -0.160. The van der Waals surface area contributed by atoms with Crippen molar-refractivity contribution in [3.8, 4) is 17.6 Å². The number of carbonyl (C=O) groups excluding carboxylic acids is 12. The van der Waals surface area contributed by atoms with Gasteiger partial charge in [0.15, 0.2) is 0 Å². The number of esters is 4. The van der Waals surface area contributed by atoms with Gasteiger partial charge < -0.3 is 80.2 Å². The summed E-state index contributed by atoms with van der Waals surface area (Å²) >= 11 is 50.6. The number of fused-ring (bicyclic) bond motifs is 3. The molecule has 0 spiro atoms. The van der Waals surface area contributed by atoms with Crippen LogP contribution in [0.2, 0.25) is 0 Å². The lowest BCUT2D eigenvalue weighted by atomic mass is 9.92. The van der Waals surface area contributed by atoms with Crippen LogP contribution in [0.15, 0.2) is 91.4 Å². The maximum atomic E-state index is 13.3. The number of rotatable bonds is 37. The normalized spacial score (nSPS) is 17.3. The molecule has 0 bridgehead atoms. The van der Waals surface area contributed by atoms with E-state index < -0.39 is 190 Å². The quantitative estimate of drug-likeness (QED) is 0.00979. The maximum Gasteiger partial charge on any atom is 0.326 e. The summed E-state index contributed by atoms with van der Waals surface area (Å²) in [7, 11) is 0. The smallest absolute Gasteiger partial charge is 0.326 e. The van der Waals surface area contributed by atoms with Crippen molar-refractivity contribution in [3.05, 3.63) is 108 Å². The van der Waals surface area contributed by atoms with Crippen LogP contribution in [0.4, 0.5) is 0 Å². The first-order valence-corrected chi connectivity index (χ1v) is 51.0. The summed E-state index contributed by atoms with van der Waals surface area (Å²) < 4.78 is 32.5. The van der Waals surface area contributed by atoms with Crippen LogP contribution in [0.1, 0.15) is 225 Å². The minimum atomic E-state index is -1.76. The Morgan fingerprint density at radius 3 is 0.911 bits per heavy atom. The number of nitrogens with one attached hydrogen (secondary N) is 8. The van der Waals surface area contributed by atoms with Crippen LogP contribution in [-0.2, 0) is 81.3 Å². The Labute approximate surface area is 895 Å². The van der Waals surface area contributed by atoms with Crippen LogP contribution in [0, 0.1) is 39.9 Å². The molecule has 0 unspecified atom stereocenters. The van der Waals surface area contributed by atoms with Crippen molar-refractivity contribution in [1.29, 1.82) is 0 Å². The molecule has 47 heteroatoms. The second-order valence-corrected chi connectivity index (χ2v) is 47.7. The van der Waals surface area contributed by atoms with Gasteiger partial charge in [-0.15, -0.1) is 0 Å². The summed E-state index contributed by atoms with van der Waals surface area (Å²) in [6.45, 7) is 35.5. The van der Waals surface area contributed by atoms with Crippen molar-refractivity contribution < 1.29 is 116 Å². The number of alkyl halides is 9. The molecule has 3 fully saturated rings. The fraction of sp³-hybridized carbons (Fsp3) is 0.596. The van der Waals surface area contributed by atoms with Crippen LogP contribution in [-0.4, -0.2) is 252 Å². The van der Waals surface area contributed by atoms with E-state index in [1.807, 2.05) is 54.6 Å². The zero-order valence-corrected chi connectivity index (χ0v) is 92.5. The molecule has 3 aliphatic heterocycles. The Bertz CT molecular complexity index is 5290. The molecule has 3 aromatic carbocycles. The number of aliphatic hydroxyl groups is 3. The van der Waals surface area contributed by atoms with Crippen molar-refractivity contribution in [2.75, 3.05) is 59.3 Å². The molecule has 12 N–H and O–H groups in total. The number of hydrazine groups is 3. The molecule has 0 aliphatic carbocycles. The van der Waals surface area contributed by atoms with E-state index in [1.54, 1.807) is 168 Å². The Kier molecular flexibility index (Phi) is 47.7. The van der Waals surface area contributed by atoms with Gasteiger partial charge in [-0.3, -0.25) is 72.6 Å². The summed E-state index contributed by atoms with van der Waals surface area (Å²) in [4.78, 5) is 178. The van der Waals surface area contributed by atoms with Crippen LogP contribution in [0.3, 0.4) is 0 Å². The van der Waals surface area contributed by atoms with Gasteiger partial charge in [0.05, 0.1) is 41.0 Å². The van der Waals surface area contributed by atoms with Crippen molar-refractivity contribution in [2.45, 2.75) is 274 Å². The van der Waals surface area contributed by atoms with E-state index in [0.717, 1.165) is 49.0 Å². The molecule has 3 saturated heterocycles. The molecule has 146 heavy (non-hydrogen) atoms. The number of hydrogen-bond acceptors (Lipinski definition) is 29. The number of aliphatic hydroxyl groups excluding tert-OH is 3. The lowest BCUT2D eigenvalue weighted by Crippen LogP contribution is -2.61. The first-order valence-electron chi connectivity index (χ1n) is 47.6. The third kappa shape index (κ3) is 41.3. The molecule has 9 rings (SSSR count). The zero-order chi connectivity index (χ0) is 110. The number of amides is 8. The largest absolute Gasteiger partial charge is 0.480 e. The fourth-order valence-electron chi connectivity index (χ4n) is 14.3. The summed E-state index contributed by atoms with van der Waals surface area (Å²) in [5, 5.41) is 61.4. The average Bonchev–Trinajstić information content (AvgIpc) is 0.816. The molecule has 3 aromatic heterocycles. The van der Waals surface area contributed by atoms with E-state index in [2.05, 4.69) is 57.8 Å². The topological polar surface area (TPSA) is 512 Å². The van der Waals surface area contributed by atoms with E-state index >= 15 is 0 Å². The Hall–Kier alpha value is -9.23. The summed E-state index contributed by atoms with van der Waals surface area (Å²) in [6, 6.07) is 14.8. The van der Waals surface area contributed by atoms with Gasteiger partial charge in [-0.05, 0) is 204 Å². The Morgan fingerprint density at radius 2 is 0.658 bits per heavy atom. The molecule has 6 aromatic rings. The van der Waals surface area contributed by atoms with Gasteiger partial charge in [-0.2, -0.15) is 0 Å². The monoisotopic (exact) mass is 2220 g/mol. The molecule has 3 aliphatic rings. The van der Waals surface area contributed by atoms with Gasteiger partial charge in [0.2, 0.25) is 64.5 Å². The number of benzene rings is 3. The van der Waals surface area contributed by atoms with Crippen molar-refractivity contribution in [1.82, 2.24) is 72.8 Å². The Morgan fingerprint density at radius 1 is 0.384 bits per heavy atom. The Balaban J connectivity index is 0.000000307. The standard InChI is InChI=1S/2C31H42Cl3N5O7.C21H28N2O5.C16H25Cl3N2O5/c2*1-17(2)25(26(41)36-18(3)27(42)39-11-7-8-23(38-39)28(43)46-16-31(32,33)34)37-29(44)30(5,6)15-45-24-13-22-12-20(19(4)40)9-10-21(22)14-35-24;1-12(2)18(19(25)26)23-20(27)21(4,5)11-28-17-9-16-8-14(13(3)24)6-7-15(16)10-22-17;1-10(8-12(22)26-15(2,3)4)13(23)21-7-5-6-11(20-21)14(24)25-9-16(17,18)19/h2*9-10,12-14,17-19,23,25,38,40H,7-8,11,15-16H2,1-6H3,(H,36,41)(H,37,44);6-10,12-13,18,24H,11H2,1-5H3,(H,23,27)(H,25,26);10-11,20H,5-9H2,1-4H3/t18-,19+,23+,25-;18-,19+,23-,25-;13-,18+;10-,11+/m0011/s1. The number of aromatic nitrogens is 3. The second-order valence-electron chi connectivity index (χ2n) is 40.1. The first kappa shape index (κ1) is 125. The summed E-state index contributed by atoms with van der Waals surface area (Å²) in [5.41, 5.74) is 7.11. The fourth-order valence-corrected chi connectivity index (χ4v) is 14.8. The highest BCUT2D eigenvalue weighted by molar-refractivity contribution is 6.68. The number of ether oxygens (including phenoxy) is 7. The van der Waals surface area contributed by atoms with Gasteiger partial charge in [0, 0.05) is 78.5 Å². The summed E-state index contributed by atoms with van der Waals surface area (Å²) in [5.74, 6) is -7.48. The highest BCUT2D eigenvalue weighted by Gasteiger charge is 2.43. The summed E-state index contributed by atoms with van der Waals surface area (Å²) in [6.07, 6.45) is 6.03. The van der Waals surface area contributed by atoms with Gasteiger partial charge in [-0.1, -0.05) is 189 Å². The van der Waals surface area contributed by atoms with Gasteiger partial charge in [0.1, 0.15) is 93.6 Å². The SMILES string of the molecule is CC(C)[C@H](NC(=O)C(C)(C)COc1cc2cc([C@@H](C)O)ccc2cn1)C(=O)N[C@@H](C)C(=O)N1CCC[C@@H](C(=O)OCC(Cl)(Cl)Cl)N1.CC(C)[C@H](NC(=O)C(C)(C)COc1cc2cc([C@@H](C)O)ccc2cn1)C(=O)N[C@@H](C)C(=O)N1CCC[C@H](C(=O)OCC(Cl)(Cl)Cl)N1.CC(C)[C@H](NC(=O)C(C)(C)COc1cc2cc([C@@H](C)O)ccc2cn1)C(=O)O.C[C@H](CC(=O)OC(C)(C)C)C(=O)N1CCC[C@@H](C(=O)OCC(Cl)(Cl)Cl)N1.